The van der Waals surface area contributed by atoms with Crippen molar-refractivity contribution in [1.82, 2.24) is 10.2 Å². The molecule has 8 nitrogen and oxygen atoms in total. The predicted molar refractivity (Wildman–Crippen MR) is 188 cm³/mol. The van der Waals surface area contributed by atoms with Gasteiger partial charge in [0.2, 0.25) is 11.8 Å². The van der Waals surface area contributed by atoms with Gasteiger partial charge in [-0.2, -0.15) is 0 Å². The van der Waals surface area contributed by atoms with Gasteiger partial charge in [0.25, 0.3) is 10.0 Å². The molecule has 0 radical (unpaired) electrons. The van der Waals surface area contributed by atoms with Crippen LogP contribution < -0.4 is 14.4 Å². The molecule has 1 unspecified atom stereocenters. The number of halogens is 1. The van der Waals surface area contributed by atoms with Gasteiger partial charge in [-0.15, -0.1) is 0 Å². The topological polar surface area (TPSA) is 96.0 Å². The lowest BCUT2D eigenvalue weighted by molar-refractivity contribution is -0.140. The molecule has 1 N–H and O–H groups in total. The number of carbonyl (C=O) groups excluding carboxylic acids is 2. The number of ether oxygens (including phenoxy) is 1. The van der Waals surface area contributed by atoms with Gasteiger partial charge in [0, 0.05) is 23.5 Å². The molecule has 1 saturated carbocycles. The summed E-state index contributed by atoms with van der Waals surface area (Å²) in [7, 11) is -2.78. The van der Waals surface area contributed by atoms with Crippen molar-refractivity contribution >= 4 is 43.5 Å². The van der Waals surface area contributed by atoms with Crippen LogP contribution in [0.3, 0.4) is 0 Å². The van der Waals surface area contributed by atoms with Crippen molar-refractivity contribution < 1.29 is 22.7 Å². The van der Waals surface area contributed by atoms with Crippen LogP contribution in [0.5, 0.6) is 5.75 Å². The van der Waals surface area contributed by atoms with E-state index < -0.39 is 28.5 Å². The zero-order valence-corrected chi connectivity index (χ0v) is 29.0. The lowest BCUT2D eigenvalue weighted by Gasteiger charge is -2.34. The Hall–Kier alpha value is -4.15. The highest BCUT2D eigenvalue weighted by Gasteiger charge is 2.36. The lowest BCUT2D eigenvalue weighted by Crippen LogP contribution is -2.54. The number of hydrogen-bond acceptors (Lipinski definition) is 5. The Morgan fingerprint density at radius 2 is 1.51 bits per heavy atom. The number of aryl methyl sites for hydroxylation is 1. The fourth-order valence-electron chi connectivity index (χ4n) is 5.89. The van der Waals surface area contributed by atoms with Crippen LogP contribution in [0.25, 0.3) is 0 Å². The van der Waals surface area contributed by atoms with E-state index in [1.165, 1.54) is 24.1 Å². The molecule has 246 valence electrons. The van der Waals surface area contributed by atoms with Gasteiger partial charge in [-0.3, -0.25) is 13.9 Å². The second-order valence-electron chi connectivity index (χ2n) is 11.8. The Bertz CT molecular complexity index is 1760. The molecule has 2 amide bonds. The summed E-state index contributed by atoms with van der Waals surface area (Å²) in [6, 6.07) is 29.5. The van der Waals surface area contributed by atoms with E-state index in [1.807, 2.05) is 61.5 Å². The first-order valence-electron chi connectivity index (χ1n) is 15.8. The Balaban J connectivity index is 1.58. The van der Waals surface area contributed by atoms with Crippen LogP contribution in [-0.2, 0) is 32.6 Å². The van der Waals surface area contributed by atoms with Gasteiger partial charge in [0.05, 0.1) is 17.7 Å². The quantitative estimate of drug-likeness (QED) is 0.167. The first-order chi connectivity index (χ1) is 22.7. The predicted octanol–water partition coefficient (Wildman–Crippen LogP) is 6.66. The highest BCUT2D eigenvalue weighted by atomic mass is 79.9. The third kappa shape index (κ3) is 8.61. The molecule has 4 aromatic rings. The maximum Gasteiger partial charge on any atom is 0.264 e. The van der Waals surface area contributed by atoms with Crippen molar-refractivity contribution in [2.45, 2.75) is 62.6 Å². The van der Waals surface area contributed by atoms with Crippen molar-refractivity contribution in [1.29, 1.82) is 0 Å². The second kappa shape index (κ2) is 15.6. The van der Waals surface area contributed by atoms with Gasteiger partial charge >= 0.3 is 0 Å². The molecule has 0 saturated heterocycles. The van der Waals surface area contributed by atoms with E-state index in [9.17, 15) is 18.0 Å². The third-order valence-electron chi connectivity index (χ3n) is 8.48. The van der Waals surface area contributed by atoms with Gasteiger partial charge in [-0.25, -0.2) is 8.42 Å². The van der Waals surface area contributed by atoms with Crippen molar-refractivity contribution in [2.75, 3.05) is 18.0 Å². The van der Waals surface area contributed by atoms with Crippen LogP contribution in [0.2, 0.25) is 0 Å². The maximum atomic E-state index is 14.7. The number of carbonyl (C=O) groups is 2. The molecule has 5 rings (SSSR count). The maximum absolute atomic E-state index is 14.7. The average Bonchev–Trinajstić information content (AvgIpc) is 3.59. The number of rotatable bonds is 13. The van der Waals surface area contributed by atoms with Gasteiger partial charge < -0.3 is 15.0 Å². The molecular formula is C37H40BrN3O5S. The molecule has 0 aliphatic heterocycles. The number of hydrogen-bond donors (Lipinski definition) is 1. The molecule has 0 bridgehead atoms. The summed E-state index contributed by atoms with van der Waals surface area (Å²) < 4.78 is 36.1. The highest BCUT2D eigenvalue weighted by Crippen LogP contribution is 2.33. The number of anilines is 1. The summed E-state index contributed by atoms with van der Waals surface area (Å²) in [4.78, 5) is 30.4. The summed E-state index contributed by atoms with van der Waals surface area (Å²) in [6.07, 6.45) is 4.13. The zero-order chi connectivity index (χ0) is 33.4. The Morgan fingerprint density at radius 3 is 2.17 bits per heavy atom. The number of methoxy groups -OCH3 is 1. The Labute approximate surface area is 285 Å². The first kappa shape index (κ1) is 34.2. The smallest absolute Gasteiger partial charge is 0.264 e. The molecule has 1 aliphatic carbocycles. The van der Waals surface area contributed by atoms with Crippen LogP contribution in [0, 0.1) is 6.92 Å². The SMILES string of the molecule is COc1ccccc1N(CC(=O)N(Cc1ccc(Br)cc1)C(Cc1ccccc1)C(=O)NC1CCCC1)S(=O)(=O)c1ccc(C)cc1. The van der Waals surface area contributed by atoms with Crippen molar-refractivity contribution in [3.05, 3.63) is 124 Å². The standard InChI is InChI=1S/C37H40BrN3O5S/c1-27-16-22-32(23-17-27)47(44,45)41(33-14-8-9-15-35(33)46-2)26-36(42)40(25-29-18-20-30(38)21-19-29)34(24-28-10-4-3-5-11-28)37(43)39-31-12-6-7-13-31/h3-5,8-11,14-23,31,34H,6-7,12-13,24-26H2,1-2H3,(H,39,43). The fraction of sp³-hybridized carbons (Fsp3) is 0.297. The molecular weight excluding hydrogens is 678 g/mol. The number of sulfonamides is 1. The van der Waals surface area contributed by atoms with Crippen LogP contribution in [0.4, 0.5) is 5.69 Å². The van der Waals surface area contributed by atoms with Crippen LogP contribution in [0.1, 0.15) is 42.4 Å². The largest absolute Gasteiger partial charge is 0.495 e. The fourth-order valence-corrected chi connectivity index (χ4v) is 7.58. The van der Waals surface area contributed by atoms with E-state index in [0.717, 1.165) is 51.2 Å². The van der Waals surface area contributed by atoms with E-state index >= 15 is 0 Å². The molecule has 10 heteroatoms. The van der Waals surface area contributed by atoms with Crippen molar-refractivity contribution in [2.24, 2.45) is 0 Å². The van der Waals surface area contributed by atoms with E-state index in [1.54, 1.807) is 36.4 Å². The monoisotopic (exact) mass is 717 g/mol. The minimum Gasteiger partial charge on any atom is -0.495 e. The zero-order valence-electron chi connectivity index (χ0n) is 26.6. The van der Waals surface area contributed by atoms with Gasteiger partial charge in [-0.1, -0.05) is 101 Å². The lowest BCUT2D eigenvalue weighted by atomic mass is 10.0. The molecule has 4 aromatic carbocycles. The summed E-state index contributed by atoms with van der Waals surface area (Å²) in [5.41, 5.74) is 2.82. The summed E-state index contributed by atoms with van der Waals surface area (Å²) in [6.45, 7) is 1.43. The Kier molecular flexibility index (Phi) is 11.4. The van der Waals surface area contributed by atoms with E-state index in [0.29, 0.717) is 5.75 Å². The van der Waals surface area contributed by atoms with Crippen LogP contribution in [-0.4, -0.2) is 50.9 Å². The number of nitrogens with one attached hydrogen (secondary N) is 1. The third-order valence-corrected chi connectivity index (χ3v) is 10.8. The van der Waals surface area contributed by atoms with Gasteiger partial charge in [0.15, 0.2) is 0 Å². The van der Waals surface area contributed by atoms with E-state index in [2.05, 4.69) is 21.2 Å². The molecule has 1 atom stereocenters. The highest BCUT2D eigenvalue weighted by molar-refractivity contribution is 9.10. The molecule has 0 aromatic heterocycles. The van der Waals surface area contributed by atoms with Crippen molar-refractivity contribution in [3.63, 3.8) is 0 Å². The van der Waals surface area contributed by atoms with Crippen LogP contribution >= 0.6 is 15.9 Å². The molecule has 1 aliphatic rings. The summed E-state index contributed by atoms with van der Waals surface area (Å²) in [5.74, 6) is -0.469. The minimum absolute atomic E-state index is 0.0393. The van der Waals surface area contributed by atoms with Gasteiger partial charge in [0.1, 0.15) is 18.3 Å². The normalized spacial score (nSPS) is 13.9. The number of nitrogens with zero attached hydrogens (tertiary/aromatic N) is 2. The average molecular weight is 719 g/mol. The first-order valence-corrected chi connectivity index (χ1v) is 18.0. The van der Waals surface area contributed by atoms with Gasteiger partial charge in [-0.05, 0) is 67.3 Å². The second-order valence-corrected chi connectivity index (χ2v) is 14.6. The van der Waals surface area contributed by atoms with Crippen LogP contribution in [0.15, 0.2) is 112 Å². The number of benzene rings is 4. The number of para-hydroxylation sites is 2. The number of amides is 2. The van der Waals surface area contributed by atoms with Crippen molar-refractivity contribution in [3.8, 4) is 5.75 Å². The van der Waals surface area contributed by atoms with E-state index in [-0.39, 0.29) is 35.5 Å². The molecule has 0 spiro atoms. The van der Waals surface area contributed by atoms with E-state index in [4.69, 9.17) is 4.74 Å². The summed E-state index contributed by atoms with van der Waals surface area (Å²) >= 11 is 3.48. The minimum atomic E-state index is -4.23. The molecule has 0 heterocycles. The summed E-state index contributed by atoms with van der Waals surface area (Å²) in [5, 5.41) is 3.20. The molecule has 47 heavy (non-hydrogen) atoms. The Morgan fingerprint density at radius 1 is 0.872 bits per heavy atom. The molecule has 1 fully saturated rings.